The number of nitrogens with zero attached hydrogens (tertiary/aromatic N) is 5. The lowest BCUT2D eigenvalue weighted by Gasteiger charge is -2.22. The molecule has 0 spiro atoms. The van der Waals surface area contributed by atoms with Gasteiger partial charge < -0.3 is 5.32 Å². The Morgan fingerprint density at radius 3 is 2.64 bits per heavy atom. The Labute approximate surface area is 160 Å². The molecule has 2 heterocycles. The number of hydrogen-bond acceptors (Lipinski definition) is 5. The molecule has 3 amide bonds. The summed E-state index contributed by atoms with van der Waals surface area (Å²) in [5.74, 6) is -0.765. The van der Waals surface area contributed by atoms with Gasteiger partial charge >= 0.3 is 6.03 Å². The molecule has 142 valence electrons. The van der Waals surface area contributed by atoms with Crippen molar-refractivity contribution in [2.45, 2.75) is 25.9 Å². The van der Waals surface area contributed by atoms with Gasteiger partial charge in [0.15, 0.2) is 5.82 Å². The number of imide groups is 1. The van der Waals surface area contributed by atoms with Crippen LogP contribution < -0.4 is 5.32 Å². The molecule has 1 saturated heterocycles. The number of amides is 3. The van der Waals surface area contributed by atoms with Gasteiger partial charge in [-0.25, -0.2) is 9.18 Å². The van der Waals surface area contributed by atoms with Gasteiger partial charge in [0.25, 0.3) is 5.91 Å². The molecule has 1 aliphatic heterocycles. The van der Waals surface area contributed by atoms with Gasteiger partial charge in [0.2, 0.25) is 0 Å². The van der Waals surface area contributed by atoms with Gasteiger partial charge in [-0.05, 0) is 47.5 Å². The maximum Gasteiger partial charge on any atom is 0.325 e. The number of rotatable bonds is 4. The molecule has 4 rings (SSSR count). The van der Waals surface area contributed by atoms with E-state index in [2.05, 4.69) is 20.8 Å². The highest BCUT2D eigenvalue weighted by Gasteiger charge is 2.49. The maximum atomic E-state index is 14.2. The summed E-state index contributed by atoms with van der Waals surface area (Å²) >= 11 is 0. The maximum absolute atomic E-state index is 14.2. The first kappa shape index (κ1) is 17.8. The van der Waals surface area contributed by atoms with Crippen LogP contribution in [0.2, 0.25) is 0 Å². The molecule has 28 heavy (non-hydrogen) atoms. The predicted octanol–water partition coefficient (Wildman–Crippen LogP) is 2.08. The number of aromatic nitrogens is 4. The number of urea groups is 1. The highest BCUT2D eigenvalue weighted by Crippen LogP contribution is 2.29. The van der Waals surface area contributed by atoms with Crippen molar-refractivity contribution in [1.82, 2.24) is 30.4 Å². The summed E-state index contributed by atoms with van der Waals surface area (Å²) in [6.45, 7) is 3.27. The van der Waals surface area contributed by atoms with E-state index in [4.69, 9.17) is 0 Å². The van der Waals surface area contributed by atoms with Gasteiger partial charge in [-0.15, -0.1) is 5.10 Å². The summed E-state index contributed by atoms with van der Waals surface area (Å²) in [6.07, 6.45) is 0. The van der Waals surface area contributed by atoms with E-state index in [0.29, 0.717) is 5.56 Å². The zero-order valence-corrected chi connectivity index (χ0v) is 15.3. The van der Waals surface area contributed by atoms with Gasteiger partial charge in [0, 0.05) is 0 Å². The summed E-state index contributed by atoms with van der Waals surface area (Å²) in [6, 6.07) is 12.9. The van der Waals surface area contributed by atoms with Crippen molar-refractivity contribution in [3.8, 4) is 5.69 Å². The number of carbonyl (C=O) groups is 2. The lowest BCUT2D eigenvalue weighted by Crippen LogP contribution is -2.40. The van der Waals surface area contributed by atoms with E-state index < -0.39 is 23.3 Å². The summed E-state index contributed by atoms with van der Waals surface area (Å²) in [4.78, 5) is 26.6. The minimum Gasteiger partial charge on any atom is -0.319 e. The Morgan fingerprint density at radius 1 is 1.14 bits per heavy atom. The second-order valence-electron chi connectivity index (χ2n) is 6.77. The summed E-state index contributed by atoms with van der Waals surface area (Å²) in [7, 11) is 0. The number of tetrazole rings is 1. The monoisotopic (exact) mass is 380 g/mol. The third-order valence-corrected chi connectivity index (χ3v) is 4.79. The minimum absolute atomic E-state index is 0.151. The van der Waals surface area contributed by atoms with E-state index in [0.717, 1.165) is 10.5 Å². The van der Waals surface area contributed by atoms with Crippen molar-refractivity contribution in [1.29, 1.82) is 0 Å². The van der Waals surface area contributed by atoms with E-state index in [1.54, 1.807) is 43.3 Å². The minimum atomic E-state index is -1.19. The van der Waals surface area contributed by atoms with Crippen molar-refractivity contribution in [3.63, 3.8) is 0 Å². The van der Waals surface area contributed by atoms with Crippen LogP contribution in [0.3, 0.4) is 0 Å². The van der Waals surface area contributed by atoms with Gasteiger partial charge in [0.05, 0.1) is 6.54 Å². The molecular weight excluding hydrogens is 363 g/mol. The average Bonchev–Trinajstić information content (AvgIpc) is 3.23. The number of hydrogen-bond donors (Lipinski definition) is 1. The lowest BCUT2D eigenvalue weighted by atomic mass is 9.92. The molecular formula is C19H17FN6O2. The molecule has 1 fully saturated rings. The number of benzene rings is 2. The van der Waals surface area contributed by atoms with E-state index in [9.17, 15) is 14.0 Å². The van der Waals surface area contributed by atoms with Crippen molar-refractivity contribution in [2.75, 3.05) is 0 Å². The zero-order valence-electron chi connectivity index (χ0n) is 15.3. The Bertz CT molecular complexity index is 1070. The van der Waals surface area contributed by atoms with Crippen molar-refractivity contribution < 1.29 is 14.0 Å². The molecule has 0 bridgehead atoms. The Hall–Kier alpha value is -3.62. The topological polar surface area (TPSA) is 93.0 Å². The van der Waals surface area contributed by atoms with Crippen LogP contribution in [-0.4, -0.2) is 37.0 Å². The molecule has 3 aromatic rings. The van der Waals surface area contributed by atoms with E-state index in [1.807, 2.05) is 13.0 Å². The van der Waals surface area contributed by atoms with Gasteiger partial charge in [-0.2, -0.15) is 4.68 Å². The number of halogens is 1. The third-order valence-electron chi connectivity index (χ3n) is 4.79. The van der Waals surface area contributed by atoms with Gasteiger partial charge in [-0.3, -0.25) is 9.69 Å². The summed E-state index contributed by atoms with van der Waals surface area (Å²) < 4.78 is 15.4. The standard InChI is InChI=1S/C19H17FN6O2/c1-12-8-9-14(20)15(10-12)26-16(22-23-24-26)11-25-17(27)19(2,21-18(25)28)13-6-4-3-5-7-13/h3-10H,11H2,1-2H3,(H,21,28). The number of aryl methyl sites for hydroxylation is 1. The molecule has 0 aliphatic carbocycles. The Balaban J connectivity index is 1.66. The highest BCUT2D eigenvalue weighted by atomic mass is 19.1. The zero-order chi connectivity index (χ0) is 19.9. The van der Waals surface area contributed by atoms with E-state index in [-0.39, 0.29) is 18.1 Å². The molecule has 1 atom stereocenters. The molecule has 8 nitrogen and oxygen atoms in total. The lowest BCUT2D eigenvalue weighted by molar-refractivity contribution is -0.131. The summed E-state index contributed by atoms with van der Waals surface area (Å²) in [5, 5.41) is 14.0. The van der Waals surface area contributed by atoms with Crippen LogP contribution in [0.15, 0.2) is 48.5 Å². The first-order valence-electron chi connectivity index (χ1n) is 8.63. The largest absolute Gasteiger partial charge is 0.325 e. The van der Waals surface area contributed by atoms with Crippen LogP contribution in [0.4, 0.5) is 9.18 Å². The van der Waals surface area contributed by atoms with Crippen LogP contribution in [0, 0.1) is 12.7 Å². The second kappa shape index (κ2) is 6.52. The quantitative estimate of drug-likeness (QED) is 0.700. The van der Waals surface area contributed by atoms with E-state index in [1.165, 1.54) is 10.7 Å². The molecule has 1 aliphatic rings. The molecule has 0 saturated carbocycles. The molecule has 1 unspecified atom stereocenters. The first-order chi connectivity index (χ1) is 13.4. The third kappa shape index (κ3) is 2.81. The van der Waals surface area contributed by atoms with Crippen molar-refractivity contribution >= 4 is 11.9 Å². The van der Waals surface area contributed by atoms with Crippen molar-refractivity contribution in [2.24, 2.45) is 0 Å². The molecule has 1 N–H and O–H groups in total. The van der Waals surface area contributed by atoms with Gasteiger partial charge in [-0.1, -0.05) is 36.4 Å². The van der Waals surface area contributed by atoms with E-state index >= 15 is 0 Å². The fourth-order valence-electron chi connectivity index (χ4n) is 3.23. The van der Waals surface area contributed by atoms with Crippen LogP contribution >= 0.6 is 0 Å². The second-order valence-corrected chi connectivity index (χ2v) is 6.77. The molecule has 9 heteroatoms. The smallest absolute Gasteiger partial charge is 0.319 e. The normalized spacial score (nSPS) is 19.2. The summed E-state index contributed by atoms with van der Waals surface area (Å²) in [5.41, 5.74) is 0.452. The Morgan fingerprint density at radius 2 is 1.89 bits per heavy atom. The number of carbonyl (C=O) groups excluding carboxylic acids is 2. The fourth-order valence-corrected chi connectivity index (χ4v) is 3.23. The Kier molecular flexibility index (Phi) is 4.14. The van der Waals surface area contributed by atoms with Crippen LogP contribution in [0.1, 0.15) is 23.9 Å². The van der Waals surface area contributed by atoms with Crippen LogP contribution in [-0.2, 0) is 16.9 Å². The molecule has 1 aromatic heterocycles. The highest BCUT2D eigenvalue weighted by molar-refractivity contribution is 6.07. The average molecular weight is 380 g/mol. The SMILES string of the molecule is Cc1ccc(F)c(-n2nnnc2CN2C(=O)NC(C)(c3ccccc3)C2=O)c1. The molecule has 2 aromatic carbocycles. The van der Waals surface area contributed by atoms with Crippen LogP contribution in [0.5, 0.6) is 0 Å². The first-order valence-corrected chi connectivity index (χ1v) is 8.63. The van der Waals surface area contributed by atoms with Gasteiger partial charge in [0.1, 0.15) is 17.0 Å². The fraction of sp³-hybridized carbons (Fsp3) is 0.211. The number of nitrogens with one attached hydrogen (secondary N) is 1. The predicted molar refractivity (Wildman–Crippen MR) is 96.7 cm³/mol. The van der Waals surface area contributed by atoms with Crippen LogP contribution in [0.25, 0.3) is 5.69 Å². The molecule has 0 radical (unpaired) electrons. The van der Waals surface area contributed by atoms with Crippen molar-refractivity contribution in [3.05, 3.63) is 71.3 Å².